The summed E-state index contributed by atoms with van der Waals surface area (Å²) < 4.78 is 3.48. The highest BCUT2D eigenvalue weighted by Crippen LogP contribution is 2.24. The van der Waals surface area contributed by atoms with Crippen molar-refractivity contribution in [3.63, 3.8) is 0 Å². The van der Waals surface area contributed by atoms with Crippen molar-refractivity contribution in [2.45, 2.75) is 25.4 Å². The van der Waals surface area contributed by atoms with Crippen LogP contribution in [0.15, 0.2) is 36.8 Å². The molecule has 0 radical (unpaired) electrons. The van der Waals surface area contributed by atoms with Crippen LogP contribution in [0.3, 0.4) is 0 Å². The first-order chi connectivity index (χ1) is 14.2. The number of fused-ring (bicyclic) bond motifs is 4. The van der Waals surface area contributed by atoms with Gasteiger partial charge in [-0.2, -0.15) is 5.10 Å². The predicted molar refractivity (Wildman–Crippen MR) is 110 cm³/mol. The summed E-state index contributed by atoms with van der Waals surface area (Å²) in [7, 11) is 1.88. The smallest absolute Gasteiger partial charge is 0.182 e. The lowest BCUT2D eigenvalue weighted by Crippen LogP contribution is -2.49. The van der Waals surface area contributed by atoms with E-state index in [1.165, 1.54) is 44.6 Å². The highest BCUT2D eigenvalue weighted by atomic mass is 15.3. The third kappa shape index (κ3) is 2.90. The molecule has 2 saturated heterocycles. The summed E-state index contributed by atoms with van der Waals surface area (Å²) in [6, 6.07) is 9.44. The first-order valence-corrected chi connectivity index (χ1v) is 10.3. The van der Waals surface area contributed by atoms with Crippen LogP contribution in [0, 0.1) is 0 Å². The minimum atomic E-state index is 0.717. The molecular formula is C21H24N8. The lowest BCUT2D eigenvalue weighted by Gasteiger charge is -2.37. The van der Waals surface area contributed by atoms with Crippen molar-refractivity contribution in [2.75, 3.05) is 26.2 Å². The standard InChI is InChI=1S/C21H24N8/c1-26-20-18(11-23-26)21-24-19(25-29(21)14-22-20)16-6-4-15(5-7-16)12-27-9-10-28-8-2-3-17(28)13-27/h4-7,11,14,17H,2-3,8-10,12-13H2,1H3. The fourth-order valence-corrected chi connectivity index (χ4v) is 4.78. The molecule has 1 aromatic carbocycles. The monoisotopic (exact) mass is 388 g/mol. The molecule has 5 heterocycles. The van der Waals surface area contributed by atoms with Crippen molar-refractivity contribution in [1.82, 2.24) is 39.2 Å². The third-order valence-corrected chi connectivity index (χ3v) is 6.36. The number of nitrogens with zero attached hydrogens (tertiary/aromatic N) is 8. The van der Waals surface area contributed by atoms with E-state index in [9.17, 15) is 0 Å². The predicted octanol–water partition coefficient (Wildman–Crippen LogP) is 1.96. The van der Waals surface area contributed by atoms with Crippen molar-refractivity contribution < 1.29 is 0 Å². The molecule has 0 aliphatic carbocycles. The van der Waals surface area contributed by atoms with E-state index in [1.807, 2.05) is 7.05 Å². The maximum atomic E-state index is 4.75. The molecule has 8 heteroatoms. The van der Waals surface area contributed by atoms with Crippen molar-refractivity contribution in [3.8, 4) is 11.4 Å². The van der Waals surface area contributed by atoms with Gasteiger partial charge in [0.2, 0.25) is 0 Å². The molecule has 8 nitrogen and oxygen atoms in total. The minimum Gasteiger partial charge on any atom is -0.298 e. The van der Waals surface area contributed by atoms with Crippen LogP contribution in [0.2, 0.25) is 0 Å². The zero-order valence-electron chi connectivity index (χ0n) is 16.6. The van der Waals surface area contributed by atoms with Crippen LogP contribution in [0.4, 0.5) is 0 Å². The first-order valence-electron chi connectivity index (χ1n) is 10.3. The van der Waals surface area contributed by atoms with Crippen molar-refractivity contribution in [3.05, 3.63) is 42.4 Å². The molecule has 2 fully saturated rings. The second-order valence-corrected chi connectivity index (χ2v) is 8.22. The maximum absolute atomic E-state index is 4.75. The van der Waals surface area contributed by atoms with Gasteiger partial charge in [-0.1, -0.05) is 24.3 Å². The van der Waals surface area contributed by atoms with Gasteiger partial charge < -0.3 is 0 Å². The van der Waals surface area contributed by atoms with E-state index in [0.29, 0.717) is 5.82 Å². The number of aryl methyl sites for hydroxylation is 1. The number of benzene rings is 1. The lowest BCUT2D eigenvalue weighted by atomic mass is 10.1. The average molecular weight is 388 g/mol. The Hall–Kier alpha value is -2.84. The van der Waals surface area contributed by atoms with Gasteiger partial charge in [-0.15, -0.1) is 5.10 Å². The fourth-order valence-electron chi connectivity index (χ4n) is 4.78. The normalized spacial score (nSPS) is 20.7. The summed E-state index contributed by atoms with van der Waals surface area (Å²) >= 11 is 0. The van der Waals surface area contributed by atoms with E-state index in [1.54, 1.807) is 21.7 Å². The molecule has 0 saturated carbocycles. The van der Waals surface area contributed by atoms with E-state index >= 15 is 0 Å². The molecule has 0 bridgehead atoms. The number of aromatic nitrogens is 6. The van der Waals surface area contributed by atoms with Crippen molar-refractivity contribution in [2.24, 2.45) is 7.05 Å². The van der Waals surface area contributed by atoms with Crippen LogP contribution in [0.25, 0.3) is 28.1 Å². The van der Waals surface area contributed by atoms with Gasteiger partial charge in [-0.25, -0.2) is 14.5 Å². The van der Waals surface area contributed by atoms with Gasteiger partial charge in [0, 0.05) is 44.8 Å². The second-order valence-electron chi connectivity index (χ2n) is 8.22. The molecule has 0 amide bonds. The van der Waals surface area contributed by atoms with E-state index in [2.05, 4.69) is 49.2 Å². The molecule has 29 heavy (non-hydrogen) atoms. The molecule has 4 aromatic rings. The van der Waals surface area contributed by atoms with Crippen LogP contribution >= 0.6 is 0 Å². The number of piperazine rings is 1. The van der Waals surface area contributed by atoms with E-state index in [0.717, 1.165) is 34.8 Å². The Bertz CT molecular complexity index is 1170. The quantitative estimate of drug-likeness (QED) is 0.535. The summed E-state index contributed by atoms with van der Waals surface area (Å²) in [6.07, 6.45) is 6.21. The zero-order valence-corrected chi connectivity index (χ0v) is 16.6. The summed E-state index contributed by atoms with van der Waals surface area (Å²) in [5, 5.41) is 9.81. The lowest BCUT2D eigenvalue weighted by molar-refractivity contribution is 0.0994. The van der Waals surface area contributed by atoms with Crippen LogP contribution in [0.5, 0.6) is 0 Å². The molecule has 1 atom stereocenters. The molecule has 1 unspecified atom stereocenters. The molecule has 6 rings (SSSR count). The van der Waals surface area contributed by atoms with Gasteiger partial charge in [0.1, 0.15) is 6.33 Å². The number of hydrogen-bond donors (Lipinski definition) is 0. The molecule has 3 aromatic heterocycles. The highest BCUT2D eigenvalue weighted by Gasteiger charge is 2.30. The van der Waals surface area contributed by atoms with E-state index in [-0.39, 0.29) is 0 Å². The summed E-state index contributed by atoms with van der Waals surface area (Å²) in [5.41, 5.74) is 3.97. The average Bonchev–Trinajstić information content (AvgIpc) is 3.46. The van der Waals surface area contributed by atoms with Gasteiger partial charge in [-0.3, -0.25) is 14.5 Å². The SMILES string of the molecule is Cn1ncc2c1ncn1nc(-c3ccc(CN4CCN5CCCC5C4)cc3)nc21. The molecule has 0 N–H and O–H groups in total. The van der Waals surface area contributed by atoms with Gasteiger partial charge in [0.25, 0.3) is 0 Å². The van der Waals surface area contributed by atoms with Crippen LogP contribution in [0.1, 0.15) is 18.4 Å². The summed E-state index contributed by atoms with van der Waals surface area (Å²) in [6.45, 7) is 5.89. The Morgan fingerprint density at radius 1 is 1.07 bits per heavy atom. The Morgan fingerprint density at radius 2 is 1.97 bits per heavy atom. The molecule has 148 valence electrons. The zero-order chi connectivity index (χ0) is 19.4. The number of rotatable bonds is 3. The third-order valence-electron chi connectivity index (χ3n) is 6.36. The van der Waals surface area contributed by atoms with Gasteiger partial charge in [0.15, 0.2) is 17.1 Å². The minimum absolute atomic E-state index is 0.717. The van der Waals surface area contributed by atoms with Gasteiger partial charge >= 0.3 is 0 Å². The Balaban J connectivity index is 1.23. The topological polar surface area (TPSA) is 67.4 Å². The Morgan fingerprint density at radius 3 is 2.86 bits per heavy atom. The molecule has 2 aliphatic rings. The maximum Gasteiger partial charge on any atom is 0.182 e. The van der Waals surface area contributed by atoms with Gasteiger partial charge in [0.05, 0.1) is 11.6 Å². The largest absolute Gasteiger partial charge is 0.298 e. The molecule has 2 aliphatic heterocycles. The Labute approximate surface area is 168 Å². The van der Waals surface area contributed by atoms with Crippen molar-refractivity contribution >= 4 is 16.7 Å². The fraction of sp³-hybridized carbons (Fsp3) is 0.429. The molecular weight excluding hydrogens is 364 g/mol. The van der Waals surface area contributed by atoms with E-state index < -0.39 is 0 Å². The summed E-state index contributed by atoms with van der Waals surface area (Å²) in [5.74, 6) is 0.717. The first kappa shape index (κ1) is 17.1. The van der Waals surface area contributed by atoms with Crippen LogP contribution in [-0.2, 0) is 13.6 Å². The van der Waals surface area contributed by atoms with Crippen LogP contribution < -0.4 is 0 Å². The van der Waals surface area contributed by atoms with Crippen molar-refractivity contribution in [1.29, 1.82) is 0 Å². The molecule has 0 spiro atoms. The van der Waals surface area contributed by atoms with Crippen LogP contribution in [-0.4, -0.2) is 71.4 Å². The van der Waals surface area contributed by atoms with E-state index in [4.69, 9.17) is 4.98 Å². The Kier molecular flexibility index (Phi) is 3.88. The summed E-state index contributed by atoms with van der Waals surface area (Å²) in [4.78, 5) is 14.4. The second kappa shape index (κ2) is 6.60. The van der Waals surface area contributed by atoms with Gasteiger partial charge in [-0.05, 0) is 24.9 Å². The number of hydrogen-bond acceptors (Lipinski definition) is 6. The highest BCUT2D eigenvalue weighted by molar-refractivity contribution is 5.88.